The number of piperidine rings is 1. The van der Waals surface area contributed by atoms with E-state index < -0.39 is 6.10 Å². The van der Waals surface area contributed by atoms with Crippen molar-refractivity contribution in [1.29, 1.82) is 0 Å². The van der Waals surface area contributed by atoms with Crippen molar-refractivity contribution in [2.45, 2.75) is 38.7 Å². The van der Waals surface area contributed by atoms with Gasteiger partial charge in [0.2, 0.25) is 5.89 Å². The zero-order valence-electron chi connectivity index (χ0n) is 9.65. The summed E-state index contributed by atoms with van der Waals surface area (Å²) in [6.07, 6.45) is 3.34. The molecule has 90 valence electrons. The highest BCUT2D eigenvalue weighted by Gasteiger charge is 2.17. The van der Waals surface area contributed by atoms with E-state index in [1.54, 1.807) is 6.92 Å². The Labute approximate surface area is 95.2 Å². The summed E-state index contributed by atoms with van der Waals surface area (Å²) in [4.78, 5) is 4.28. The molecule has 0 aromatic carbocycles. The van der Waals surface area contributed by atoms with Crippen LogP contribution in [0.4, 0.5) is 0 Å². The van der Waals surface area contributed by atoms with Gasteiger partial charge in [0.05, 0.1) is 12.5 Å². The van der Waals surface area contributed by atoms with Crippen LogP contribution in [0.15, 0.2) is 4.52 Å². The van der Waals surface area contributed by atoms with Crippen molar-refractivity contribution in [2.75, 3.05) is 13.1 Å². The molecular weight excluding hydrogens is 206 g/mol. The fraction of sp³-hybridized carbons (Fsp3) is 0.818. The van der Waals surface area contributed by atoms with Crippen LogP contribution >= 0.6 is 0 Å². The average molecular weight is 225 g/mol. The van der Waals surface area contributed by atoms with Crippen molar-refractivity contribution < 1.29 is 9.63 Å². The minimum Gasteiger partial charge on any atom is -0.393 e. The monoisotopic (exact) mass is 225 g/mol. The lowest BCUT2D eigenvalue weighted by Crippen LogP contribution is -2.31. The van der Waals surface area contributed by atoms with Gasteiger partial charge >= 0.3 is 0 Å². The van der Waals surface area contributed by atoms with Crippen LogP contribution in [0.1, 0.15) is 31.5 Å². The molecule has 1 aliphatic rings. The predicted octanol–water partition coefficient (Wildman–Crippen LogP) is 0.535. The Kier molecular flexibility index (Phi) is 3.90. The molecule has 2 N–H and O–H groups in total. The Morgan fingerprint density at radius 1 is 1.62 bits per heavy atom. The molecule has 5 nitrogen and oxygen atoms in total. The molecule has 1 aliphatic heterocycles. The second kappa shape index (κ2) is 5.41. The molecule has 0 bridgehead atoms. The lowest BCUT2D eigenvalue weighted by Gasteiger charge is -2.20. The number of aromatic nitrogens is 2. The zero-order valence-corrected chi connectivity index (χ0v) is 9.65. The lowest BCUT2D eigenvalue weighted by molar-refractivity contribution is 0.181. The van der Waals surface area contributed by atoms with Crippen LogP contribution in [0.2, 0.25) is 0 Å². The summed E-state index contributed by atoms with van der Waals surface area (Å²) in [7, 11) is 0. The van der Waals surface area contributed by atoms with Gasteiger partial charge in [-0.15, -0.1) is 0 Å². The molecule has 5 heteroatoms. The van der Waals surface area contributed by atoms with E-state index in [1.807, 2.05) is 0 Å². The second-order valence-corrected chi connectivity index (χ2v) is 4.57. The third kappa shape index (κ3) is 3.28. The molecule has 1 aromatic rings. The van der Waals surface area contributed by atoms with Gasteiger partial charge in [0.25, 0.3) is 0 Å². The number of rotatable bonds is 4. The highest BCUT2D eigenvalue weighted by atomic mass is 16.5. The highest BCUT2D eigenvalue weighted by Crippen LogP contribution is 2.14. The minimum absolute atomic E-state index is 0.426. The van der Waals surface area contributed by atoms with Gasteiger partial charge in [-0.2, -0.15) is 4.98 Å². The molecule has 2 unspecified atom stereocenters. The van der Waals surface area contributed by atoms with Crippen LogP contribution in [0.25, 0.3) is 0 Å². The van der Waals surface area contributed by atoms with Crippen LogP contribution in [0.3, 0.4) is 0 Å². The van der Waals surface area contributed by atoms with Gasteiger partial charge in [0, 0.05) is 6.42 Å². The maximum absolute atomic E-state index is 9.20. The van der Waals surface area contributed by atoms with Crippen LogP contribution in [0, 0.1) is 5.92 Å². The van der Waals surface area contributed by atoms with E-state index >= 15 is 0 Å². The SMILES string of the molecule is CC(O)Cc1nc(CC2CCCNC2)no1. The van der Waals surface area contributed by atoms with E-state index in [2.05, 4.69) is 15.5 Å². The molecule has 16 heavy (non-hydrogen) atoms. The number of nitrogens with zero attached hydrogens (tertiary/aromatic N) is 2. The largest absolute Gasteiger partial charge is 0.393 e. The number of nitrogens with one attached hydrogen (secondary N) is 1. The maximum atomic E-state index is 9.20. The molecule has 0 radical (unpaired) electrons. The zero-order chi connectivity index (χ0) is 11.4. The van der Waals surface area contributed by atoms with Gasteiger partial charge in [-0.25, -0.2) is 0 Å². The highest BCUT2D eigenvalue weighted by molar-refractivity contribution is 4.90. The van der Waals surface area contributed by atoms with Crippen molar-refractivity contribution >= 4 is 0 Å². The van der Waals surface area contributed by atoms with Gasteiger partial charge in [-0.3, -0.25) is 0 Å². The lowest BCUT2D eigenvalue weighted by atomic mass is 9.96. The van der Waals surface area contributed by atoms with E-state index in [0.717, 1.165) is 25.3 Å². The molecule has 0 amide bonds. The molecule has 1 aromatic heterocycles. The summed E-state index contributed by atoms with van der Waals surface area (Å²) >= 11 is 0. The number of aliphatic hydroxyl groups is 1. The molecule has 2 rings (SSSR count). The van der Waals surface area contributed by atoms with E-state index in [1.165, 1.54) is 12.8 Å². The Balaban J connectivity index is 1.86. The van der Waals surface area contributed by atoms with Crippen molar-refractivity contribution in [3.05, 3.63) is 11.7 Å². The smallest absolute Gasteiger partial charge is 0.229 e. The Bertz CT molecular complexity index is 319. The maximum Gasteiger partial charge on any atom is 0.229 e. The van der Waals surface area contributed by atoms with E-state index in [0.29, 0.717) is 18.2 Å². The first-order chi connectivity index (χ1) is 7.74. The molecule has 1 saturated heterocycles. The standard InChI is InChI=1S/C11H19N3O2/c1-8(15)5-11-13-10(14-16-11)6-9-3-2-4-12-7-9/h8-9,12,15H,2-7H2,1H3. The third-order valence-corrected chi connectivity index (χ3v) is 2.85. The van der Waals surface area contributed by atoms with Crippen LogP contribution in [-0.4, -0.2) is 34.4 Å². The molecule has 0 saturated carbocycles. The van der Waals surface area contributed by atoms with Crippen molar-refractivity contribution in [3.63, 3.8) is 0 Å². The summed E-state index contributed by atoms with van der Waals surface area (Å²) in [5, 5.41) is 16.5. The van der Waals surface area contributed by atoms with Crippen molar-refractivity contribution in [1.82, 2.24) is 15.5 Å². The second-order valence-electron chi connectivity index (χ2n) is 4.57. The first-order valence-corrected chi connectivity index (χ1v) is 5.94. The van der Waals surface area contributed by atoms with E-state index in [9.17, 15) is 5.11 Å². The summed E-state index contributed by atoms with van der Waals surface area (Å²) in [5.74, 6) is 1.92. The van der Waals surface area contributed by atoms with Gasteiger partial charge in [0.1, 0.15) is 0 Å². The minimum atomic E-state index is -0.426. The average Bonchev–Trinajstić information content (AvgIpc) is 2.66. The van der Waals surface area contributed by atoms with E-state index in [4.69, 9.17) is 4.52 Å². The summed E-state index contributed by atoms with van der Waals surface area (Å²) in [5.41, 5.74) is 0. The number of aliphatic hydroxyl groups excluding tert-OH is 1. The van der Waals surface area contributed by atoms with Gasteiger partial charge in [0.15, 0.2) is 5.82 Å². The Hall–Kier alpha value is -0.940. The fourth-order valence-electron chi connectivity index (χ4n) is 2.07. The molecule has 1 fully saturated rings. The van der Waals surface area contributed by atoms with E-state index in [-0.39, 0.29) is 0 Å². The van der Waals surface area contributed by atoms with Gasteiger partial charge in [-0.05, 0) is 38.8 Å². The normalized spacial score (nSPS) is 23.2. The topological polar surface area (TPSA) is 71.2 Å². The van der Waals surface area contributed by atoms with Crippen LogP contribution in [0.5, 0.6) is 0 Å². The summed E-state index contributed by atoms with van der Waals surface area (Å²) < 4.78 is 5.08. The molecule has 0 spiro atoms. The first-order valence-electron chi connectivity index (χ1n) is 5.94. The van der Waals surface area contributed by atoms with Crippen molar-refractivity contribution in [2.24, 2.45) is 5.92 Å². The van der Waals surface area contributed by atoms with Crippen molar-refractivity contribution in [3.8, 4) is 0 Å². The fourth-order valence-corrected chi connectivity index (χ4v) is 2.07. The number of hydrogen-bond acceptors (Lipinski definition) is 5. The molecule has 2 atom stereocenters. The predicted molar refractivity (Wildman–Crippen MR) is 59.0 cm³/mol. The van der Waals surface area contributed by atoms with Crippen LogP contribution in [-0.2, 0) is 12.8 Å². The first kappa shape index (κ1) is 11.5. The van der Waals surface area contributed by atoms with Gasteiger partial charge in [-0.1, -0.05) is 5.16 Å². The summed E-state index contributed by atoms with van der Waals surface area (Å²) in [6.45, 7) is 3.88. The molecule has 0 aliphatic carbocycles. The summed E-state index contributed by atoms with van der Waals surface area (Å²) in [6, 6.07) is 0. The Morgan fingerprint density at radius 2 is 2.50 bits per heavy atom. The molecule has 2 heterocycles. The van der Waals surface area contributed by atoms with Gasteiger partial charge < -0.3 is 14.9 Å². The van der Waals surface area contributed by atoms with Crippen LogP contribution < -0.4 is 5.32 Å². The third-order valence-electron chi connectivity index (χ3n) is 2.85. The quantitative estimate of drug-likeness (QED) is 0.782. The molecular formula is C11H19N3O2. The number of hydrogen-bond donors (Lipinski definition) is 2. The Morgan fingerprint density at radius 3 is 3.19 bits per heavy atom.